The maximum atomic E-state index is 13.5. The van der Waals surface area contributed by atoms with E-state index in [-0.39, 0.29) is 17.5 Å². The first-order valence-electron chi connectivity index (χ1n) is 6.51. The standard InChI is InChI=1S/C14H18FNO3/c15-13-5-4-10(14(17)18)7-11(13)8-16-9-12-3-1-2-6-19-12/h4-5,7,12,16H,1-3,6,8-9H2,(H,17,18). The van der Waals surface area contributed by atoms with Crippen LogP contribution >= 0.6 is 0 Å². The molecule has 0 spiro atoms. The number of nitrogens with one attached hydrogen (secondary N) is 1. The molecular formula is C14H18FNO3. The molecule has 0 amide bonds. The molecule has 1 aromatic rings. The summed E-state index contributed by atoms with van der Waals surface area (Å²) in [5.74, 6) is -1.43. The van der Waals surface area contributed by atoms with E-state index in [0.717, 1.165) is 25.9 Å². The fourth-order valence-corrected chi connectivity index (χ4v) is 2.18. The van der Waals surface area contributed by atoms with Crippen molar-refractivity contribution in [2.24, 2.45) is 0 Å². The Morgan fingerprint density at radius 1 is 1.47 bits per heavy atom. The summed E-state index contributed by atoms with van der Waals surface area (Å²) in [5, 5.41) is 12.0. The van der Waals surface area contributed by atoms with Crippen LogP contribution in [0, 0.1) is 5.82 Å². The molecule has 19 heavy (non-hydrogen) atoms. The first kappa shape index (κ1) is 14.0. The summed E-state index contributed by atoms with van der Waals surface area (Å²) in [6, 6.07) is 3.83. The molecule has 1 aliphatic heterocycles. The maximum Gasteiger partial charge on any atom is 0.335 e. The molecule has 104 valence electrons. The summed E-state index contributed by atoms with van der Waals surface area (Å²) >= 11 is 0. The van der Waals surface area contributed by atoms with Crippen molar-refractivity contribution in [3.8, 4) is 0 Å². The second kappa shape index (κ2) is 6.63. The van der Waals surface area contributed by atoms with Gasteiger partial charge < -0.3 is 15.2 Å². The van der Waals surface area contributed by atoms with Gasteiger partial charge in [0.15, 0.2) is 0 Å². The van der Waals surface area contributed by atoms with E-state index in [1.165, 1.54) is 18.2 Å². The van der Waals surface area contributed by atoms with Crippen molar-refractivity contribution in [2.45, 2.75) is 31.9 Å². The highest BCUT2D eigenvalue weighted by Crippen LogP contribution is 2.13. The summed E-state index contributed by atoms with van der Waals surface area (Å²) in [5.41, 5.74) is 0.475. The van der Waals surface area contributed by atoms with E-state index in [1.54, 1.807) is 0 Å². The van der Waals surface area contributed by atoms with E-state index < -0.39 is 5.97 Å². The molecular weight excluding hydrogens is 249 g/mol. The van der Waals surface area contributed by atoms with Crippen LogP contribution in [0.25, 0.3) is 0 Å². The molecule has 1 atom stereocenters. The minimum Gasteiger partial charge on any atom is -0.478 e. The first-order valence-corrected chi connectivity index (χ1v) is 6.51. The molecule has 1 aliphatic rings. The molecule has 2 rings (SSSR count). The van der Waals surface area contributed by atoms with Crippen LogP contribution in [0.5, 0.6) is 0 Å². The van der Waals surface area contributed by atoms with Crippen LogP contribution in [0.1, 0.15) is 35.2 Å². The summed E-state index contributed by atoms with van der Waals surface area (Å²) in [6.45, 7) is 1.76. The minimum absolute atomic E-state index is 0.104. The van der Waals surface area contributed by atoms with Crippen LogP contribution < -0.4 is 5.32 Å². The Balaban J connectivity index is 1.87. The molecule has 0 radical (unpaired) electrons. The molecule has 2 N–H and O–H groups in total. The number of rotatable bonds is 5. The van der Waals surface area contributed by atoms with Gasteiger partial charge in [-0.2, -0.15) is 0 Å². The second-order valence-electron chi connectivity index (χ2n) is 4.73. The van der Waals surface area contributed by atoms with Crippen LogP contribution in [0.3, 0.4) is 0 Å². The Hall–Kier alpha value is -1.46. The van der Waals surface area contributed by atoms with Gasteiger partial charge in [-0.1, -0.05) is 0 Å². The van der Waals surface area contributed by atoms with Crippen molar-refractivity contribution in [2.75, 3.05) is 13.2 Å². The van der Waals surface area contributed by atoms with E-state index in [2.05, 4.69) is 5.32 Å². The first-order chi connectivity index (χ1) is 9.16. The highest BCUT2D eigenvalue weighted by Gasteiger charge is 2.14. The number of carboxylic acid groups (broad SMARTS) is 1. The van der Waals surface area contributed by atoms with Gasteiger partial charge in [-0.05, 0) is 37.5 Å². The summed E-state index contributed by atoms with van der Waals surface area (Å²) in [6.07, 6.45) is 3.46. The van der Waals surface area contributed by atoms with Gasteiger partial charge in [0.1, 0.15) is 5.82 Å². The number of hydrogen-bond acceptors (Lipinski definition) is 3. The van der Waals surface area contributed by atoms with Crippen molar-refractivity contribution < 1.29 is 19.0 Å². The molecule has 1 aromatic carbocycles. The van der Waals surface area contributed by atoms with Gasteiger partial charge in [0.25, 0.3) is 0 Å². The highest BCUT2D eigenvalue weighted by molar-refractivity contribution is 5.87. The molecule has 0 saturated carbocycles. The summed E-state index contributed by atoms with van der Waals surface area (Å²) in [4.78, 5) is 10.8. The highest BCUT2D eigenvalue weighted by atomic mass is 19.1. The van der Waals surface area contributed by atoms with Crippen LogP contribution in [0.15, 0.2) is 18.2 Å². The quantitative estimate of drug-likeness (QED) is 0.858. The summed E-state index contributed by atoms with van der Waals surface area (Å²) in [7, 11) is 0. The molecule has 0 aliphatic carbocycles. The molecule has 1 unspecified atom stereocenters. The minimum atomic E-state index is -1.04. The molecule has 1 heterocycles. The van der Waals surface area contributed by atoms with Gasteiger partial charge in [0, 0.05) is 25.3 Å². The van der Waals surface area contributed by atoms with Gasteiger partial charge in [-0.15, -0.1) is 0 Å². The average molecular weight is 267 g/mol. The third-order valence-corrected chi connectivity index (χ3v) is 3.25. The Kier molecular flexibility index (Phi) is 4.87. The van der Waals surface area contributed by atoms with E-state index in [9.17, 15) is 9.18 Å². The van der Waals surface area contributed by atoms with Crippen molar-refractivity contribution in [1.29, 1.82) is 0 Å². The van der Waals surface area contributed by atoms with E-state index in [1.807, 2.05) is 0 Å². The number of carbonyl (C=O) groups is 1. The zero-order valence-corrected chi connectivity index (χ0v) is 10.7. The maximum absolute atomic E-state index is 13.5. The topological polar surface area (TPSA) is 58.6 Å². The van der Waals surface area contributed by atoms with E-state index >= 15 is 0 Å². The van der Waals surface area contributed by atoms with Crippen molar-refractivity contribution in [1.82, 2.24) is 5.32 Å². The Bertz CT molecular complexity index is 444. The second-order valence-corrected chi connectivity index (χ2v) is 4.73. The number of halogens is 1. The SMILES string of the molecule is O=C(O)c1ccc(F)c(CNCC2CCCCO2)c1. The van der Waals surface area contributed by atoms with Gasteiger partial charge in [-0.3, -0.25) is 0 Å². The largest absolute Gasteiger partial charge is 0.478 e. The lowest BCUT2D eigenvalue weighted by Crippen LogP contribution is -2.31. The molecule has 5 heteroatoms. The fourth-order valence-electron chi connectivity index (χ4n) is 2.18. The van der Waals surface area contributed by atoms with Crippen LogP contribution in [0.4, 0.5) is 4.39 Å². The molecule has 4 nitrogen and oxygen atoms in total. The van der Waals surface area contributed by atoms with Gasteiger partial charge in [0.05, 0.1) is 11.7 Å². The third-order valence-electron chi connectivity index (χ3n) is 3.25. The van der Waals surface area contributed by atoms with Crippen molar-refractivity contribution in [3.05, 3.63) is 35.1 Å². The lowest BCUT2D eigenvalue weighted by atomic mass is 10.1. The number of aromatic carboxylic acids is 1. The van der Waals surface area contributed by atoms with Crippen molar-refractivity contribution >= 4 is 5.97 Å². The van der Waals surface area contributed by atoms with E-state index in [0.29, 0.717) is 18.7 Å². The third kappa shape index (κ3) is 4.01. The predicted octanol–water partition coefficient (Wildman–Crippen LogP) is 2.18. The molecule has 0 aromatic heterocycles. The predicted molar refractivity (Wildman–Crippen MR) is 68.7 cm³/mol. The Morgan fingerprint density at radius 3 is 3.00 bits per heavy atom. The Morgan fingerprint density at radius 2 is 2.32 bits per heavy atom. The fraction of sp³-hybridized carbons (Fsp3) is 0.500. The lowest BCUT2D eigenvalue weighted by molar-refractivity contribution is 0.0167. The monoisotopic (exact) mass is 267 g/mol. The van der Waals surface area contributed by atoms with Crippen LogP contribution in [-0.4, -0.2) is 30.3 Å². The van der Waals surface area contributed by atoms with Crippen LogP contribution in [-0.2, 0) is 11.3 Å². The normalized spacial score (nSPS) is 19.3. The smallest absolute Gasteiger partial charge is 0.335 e. The zero-order chi connectivity index (χ0) is 13.7. The number of benzene rings is 1. The van der Waals surface area contributed by atoms with Crippen molar-refractivity contribution in [3.63, 3.8) is 0 Å². The average Bonchev–Trinajstić information content (AvgIpc) is 2.42. The van der Waals surface area contributed by atoms with Crippen LogP contribution in [0.2, 0.25) is 0 Å². The molecule has 1 saturated heterocycles. The van der Waals surface area contributed by atoms with Gasteiger partial charge >= 0.3 is 5.97 Å². The number of hydrogen-bond donors (Lipinski definition) is 2. The van der Waals surface area contributed by atoms with Gasteiger partial charge in [0.2, 0.25) is 0 Å². The molecule has 0 bridgehead atoms. The molecule has 1 fully saturated rings. The van der Waals surface area contributed by atoms with E-state index in [4.69, 9.17) is 9.84 Å². The Labute approximate surface area is 111 Å². The summed E-state index contributed by atoms with van der Waals surface area (Å²) < 4.78 is 19.1. The lowest BCUT2D eigenvalue weighted by Gasteiger charge is -2.22. The number of ether oxygens (including phenoxy) is 1. The number of carboxylic acids is 1. The zero-order valence-electron chi connectivity index (χ0n) is 10.7. The van der Waals surface area contributed by atoms with Gasteiger partial charge in [-0.25, -0.2) is 9.18 Å².